The summed E-state index contributed by atoms with van der Waals surface area (Å²) in [7, 11) is 0. The van der Waals surface area contributed by atoms with Crippen LogP contribution in [0.5, 0.6) is 0 Å². The molecule has 1 amide bonds. The maximum Gasteiger partial charge on any atom is 0.222 e. The Balaban J connectivity index is 1.88. The highest BCUT2D eigenvalue weighted by molar-refractivity contribution is 14.1. The van der Waals surface area contributed by atoms with Gasteiger partial charge in [0.15, 0.2) is 11.5 Å². The van der Waals surface area contributed by atoms with E-state index in [0.29, 0.717) is 22.4 Å². The fourth-order valence-corrected chi connectivity index (χ4v) is 4.93. The number of hydrogen-bond donors (Lipinski definition) is 2. The average Bonchev–Trinajstić information content (AvgIpc) is 3.34. The van der Waals surface area contributed by atoms with E-state index >= 15 is 0 Å². The topological polar surface area (TPSA) is 107 Å². The number of amides is 1. The van der Waals surface area contributed by atoms with Gasteiger partial charge in [-0.1, -0.05) is 17.7 Å². The molecular weight excluding hydrogens is 535 g/mol. The number of pyridine rings is 1. The van der Waals surface area contributed by atoms with E-state index in [2.05, 4.69) is 42.9 Å². The van der Waals surface area contributed by atoms with Crippen LogP contribution in [0.1, 0.15) is 12.6 Å². The second-order valence-electron chi connectivity index (χ2n) is 6.18. The first-order valence-electron chi connectivity index (χ1n) is 8.60. The molecule has 0 atom stereocenters. The number of nitrogens with zero attached hydrogens (tertiary/aromatic N) is 4. The predicted octanol–water partition coefficient (Wildman–Crippen LogP) is 5.35. The summed E-state index contributed by atoms with van der Waals surface area (Å²) in [5, 5.41) is 13.2. The van der Waals surface area contributed by atoms with Gasteiger partial charge in [-0.05, 0) is 46.9 Å². The van der Waals surface area contributed by atoms with Crippen LogP contribution in [0.2, 0.25) is 5.02 Å². The number of benzene rings is 1. The first-order valence-corrected chi connectivity index (χ1v) is 10.9. The minimum absolute atomic E-state index is 0.199. The van der Waals surface area contributed by atoms with Crippen molar-refractivity contribution in [3.8, 4) is 38.6 Å². The monoisotopic (exact) mass is 546 g/mol. The summed E-state index contributed by atoms with van der Waals surface area (Å²) in [6, 6.07) is 11.2. The van der Waals surface area contributed by atoms with Crippen LogP contribution in [0.3, 0.4) is 0 Å². The molecule has 4 aromatic rings. The van der Waals surface area contributed by atoms with Crippen LogP contribution >= 0.6 is 45.5 Å². The second kappa shape index (κ2) is 8.51. The molecule has 0 aliphatic carbocycles. The molecule has 3 aromatic heterocycles. The largest absolute Gasteiger partial charge is 0.343 e. The van der Waals surface area contributed by atoms with Crippen molar-refractivity contribution in [2.75, 3.05) is 5.32 Å². The zero-order valence-corrected chi connectivity index (χ0v) is 19.1. The van der Waals surface area contributed by atoms with E-state index in [1.54, 1.807) is 18.5 Å². The van der Waals surface area contributed by atoms with Crippen LogP contribution in [-0.4, -0.2) is 25.8 Å². The number of H-pyrrole nitrogens is 1. The number of carbonyl (C=O) groups excluding carboxylic acids is 1. The molecular formula is C20H12ClIN6OS. The number of carbonyl (C=O) groups is 1. The van der Waals surface area contributed by atoms with Gasteiger partial charge < -0.3 is 10.3 Å². The van der Waals surface area contributed by atoms with Gasteiger partial charge in [-0.3, -0.25) is 4.79 Å². The first kappa shape index (κ1) is 20.5. The molecule has 7 nitrogen and oxygen atoms in total. The zero-order valence-electron chi connectivity index (χ0n) is 15.4. The fraction of sp³-hybridized carbons (Fsp3) is 0.0500. The summed E-state index contributed by atoms with van der Waals surface area (Å²) >= 11 is 9.78. The lowest BCUT2D eigenvalue weighted by Crippen LogP contribution is -2.07. The highest BCUT2D eigenvalue weighted by Crippen LogP contribution is 2.41. The number of rotatable bonds is 4. The maximum atomic E-state index is 11.4. The molecule has 0 aliphatic rings. The molecule has 0 fully saturated rings. The number of nitrogens with one attached hydrogen (secondary N) is 2. The van der Waals surface area contributed by atoms with E-state index in [0.717, 1.165) is 30.3 Å². The highest BCUT2D eigenvalue weighted by Gasteiger charge is 2.20. The number of nitriles is 1. The normalized spacial score (nSPS) is 10.6. The van der Waals surface area contributed by atoms with Gasteiger partial charge in [0, 0.05) is 39.0 Å². The average molecular weight is 547 g/mol. The van der Waals surface area contributed by atoms with Crippen molar-refractivity contribution in [1.82, 2.24) is 19.9 Å². The van der Waals surface area contributed by atoms with Crippen molar-refractivity contribution >= 4 is 57.3 Å². The van der Waals surface area contributed by atoms with Gasteiger partial charge in [0.25, 0.3) is 0 Å². The number of anilines is 1. The van der Waals surface area contributed by atoms with Crippen molar-refractivity contribution in [3.63, 3.8) is 0 Å². The van der Waals surface area contributed by atoms with E-state index in [1.165, 1.54) is 18.3 Å². The fourth-order valence-electron chi connectivity index (χ4n) is 2.78. The lowest BCUT2D eigenvalue weighted by Gasteiger charge is -2.04. The van der Waals surface area contributed by atoms with Gasteiger partial charge in [-0.25, -0.2) is 15.0 Å². The number of aromatic nitrogens is 4. The van der Waals surface area contributed by atoms with Crippen molar-refractivity contribution < 1.29 is 4.79 Å². The number of halogens is 2. The minimum atomic E-state index is -0.199. The minimum Gasteiger partial charge on any atom is -0.343 e. The molecule has 30 heavy (non-hydrogen) atoms. The molecule has 0 spiro atoms. The van der Waals surface area contributed by atoms with Gasteiger partial charge in [0.05, 0.1) is 10.6 Å². The van der Waals surface area contributed by atoms with E-state index in [4.69, 9.17) is 21.8 Å². The van der Waals surface area contributed by atoms with Gasteiger partial charge in [-0.15, -0.1) is 11.3 Å². The van der Waals surface area contributed by atoms with Crippen LogP contribution in [0.4, 0.5) is 5.82 Å². The van der Waals surface area contributed by atoms with Gasteiger partial charge >= 0.3 is 0 Å². The van der Waals surface area contributed by atoms with Gasteiger partial charge in [0.2, 0.25) is 5.91 Å². The van der Waals surface area contributed by atoms with Crippen LogP contribution in [-0.2, 0) is 4.79 Å². The first-order chi connectivity index (χ1) is 14.4. The SMILES string of the molecule is CC(=O)Nc1cc(-c2nc(-c3ccc(Cl)cc3I)c(-c3nc(C#N)c[nH]3)s2)ccn1. The van der Waals surface area contributed by atoms with E-state index in [1.807, 2.05) is 30.3 Å². The van der Waals surface area contributed by atoms with Crippen molar-refractivity contribution in [2.45, 2.75) is 6.92 Å². The van der Waals surface area contributed by atoms with Crippen molar-refractivity contribution in [2.24, 2.45) is 0 Å². The lowest BCUT2D eigenvalue weighted by atomic mass is 10.1. The molecule has 4 rings (SSSR count). The Bertz CT molecular complexity index is 1310. The summed E-state index contributed by atoms with van der Waals surface area (Å²) in [4.78, 5) is 28.6. The number of aromatic amines is 1. The highest BCUT2D eigenvalue weighted by atomic mass is 127. The Morgan fingerprint density at radius 1 is 1.30 bits per heavy atom. The van der Waals surface area contributed by atoms with E-state index < -0.39 is 0 Å². The molecule has 10 heteroatoms. The quantitative estimate of drug-likeness (QED) is 0.336. The number of thiazole rings is 1. The lowest BCUT2D eigenvalue weighted by molar-refractivity contribution is -0.114. The summed E-state index contributed by atoms with van der Waals surface area (Å²) in [5.74, 6) is 0.812. The maximum absolute atomic E-state index is 11.4. The standard InChI is InChI=1S/C20H12ClIN6OS/c1-10(29)26-16-6-11(4-5-24-16)20-28-17(14-3-2-12(21)7-15(14)22)18(30-20)19-25-9-13(8-23)27-19/h2-7,9H,1H3,(H,25,27)(H,24,26,29). The van der Waals surface area contributed by atoms with E-state index in [9.17, 15) is 4.79 Å². The third kappa shape index (κ3) is 4.21. The Morgan fingerprint density at radius 3 is 2.83 bits per heavy atom. The van der Waals surface area contributed by atoms with Crippen LogP contribution in [0.25, 0.3) is 32.5 Å². The summed E-state index contributed by atoms with van der Waals surface area (Å²) in [6.45, 7) is 1.43. The smallest absolute Gasteiger partial charge is 0.222 e. The molecule has 0 bridgehead atoms. The van der Waals surface area contributed by atoms with Crippen LogP contribution < -0.4 is 5.32 Å². The Labute approximate surface area is 194 Å². The molecule has 0 radical (unpaired) electrons. The Kier molecular flexibility index (Phi) is 5.80. The summed E-state index contributed by atoms with van der Waals surface area (Å²) < 4.78 is 0.943. The Morgan fingerprint density at radius 2 is 2.13 bits per heavy atom. The van der Waals surface area contributed by atoms with Crippen LogP contribution in [0, 0.1) is 14.9 Å². The molecule has 3 heterocycles. The van der Waals surface area contributed by atoms with Gasteiger partial charge in [-0.2, -0.15) is 5.26 Å². The molecule has 0 saturated carbocycles. The summed E-state index contributed by atoms with van der Waals surface area (Å²) in [5.41, 5.74) is 2.74. The molecule has 0 saturated heterocycles. The van der Waals surface area contributed by atoms with Crippen molar-refractivity contribution in [3.05, 3.63) is 57.0 Å². The third-order valence-electron chi connectivity index (χ3n) is 4.03. The molecule has 1 aromatic carbocycles. The molecule has 148 valence electrons. The van der Waals surface area contributed by atoms with Crippen molar-refractivity contribution in [1.29, 1.82) is 5.26 Å². The summed E-state index contributed by atoms with van der Waals surface area (Å²) in [6.07, 6.45) is 3.18. The molecule has 0 unspecified atom stereocenters. The predicted molar refractivity (Wildman–Crippen MR) is 125 cm³/mol. The second-order valence-corrected chi connectivity index (χ2v) is 8.78. The zero-order chi connectivity index (χ0) is 21.3. The molecule has 2 N–H and O–H groups in total. The van der Waals surface area contributed by atoms with Crippen LogP contribution in [0.15, 0.2) is 42.7 Å². The third-order valence-corrected chi connectivity index (χ3v) is 6.27. The number of imidazole rings is 1. The number of hydrogen-bond acceptors (Lipinski definition) is 6. The van der Waals surface area contributed by atoms with Gasteiger partial charge in [0.1, 0.15) is 16.9 Å². The molecule has 0 aliphatic heterocycles. The van der Waals surface area contributed by atoms with E-state index in [-0.39, 0.29) is 5.91 Å². The Hall–Kier alpha value is -2.81.